The van der Waals surface area contributed by atoms with E-state index in [2.05, 4.69) is 21.0 Å². The van der Waals surface area contributed by atoms with Crippen molar-refractivity contribution in [1.29, 1.82) is 0 Å². The number of nitrogens with zero attached hydrogens (tertiary/aromatic N) is 2. The van der Waals surface area contributed by atoms with Gasteiger partial charge in [0, 0.05) is 5.69 Å². The van der Waals surface area contributed by atoms with Crippen LogP contribution >= 0.6 is 15.9 Å². The smallest absolute Gasteiger partial charge is 0.163 e. The second-order valence-electron chi connectivity index (χ2n) is 4.62. The van der Waals surface area contributed by atoms with Crippen LogP contribution in [0.5, 0.6) is 0 Å². The van der Waals surface area contributed by atoms with E-state index in [0.29, 0.717) is 6.61 Å². The van der Waals surface area contributed by atoms with Crippen molar-refractivity contribution in [2.45, 2.75) is 46.1 Å². The molecule has 0 spiro atoms. The Kier molecular flexibility index (Phi) is 3.11. The second-order valence-corrected chi connectivity index (χ2v) is 5.41. The van der Waals surface area contributed by atoms with Crippen LogP contribution in [0.2, 0.25) is 0 Å². The van der Waals surface area contributed by atoms with Gasteiger partial charge < -0.3 is 9.47 Å². The molecule has 0 saturated carbocycles. The van der Waals surface area contributed by atoms with E-state index in [1.807, 2.05) is 32.4 Å². The van der Waals surface area contributed by atoms with E-state index in [9.17, 15) is 0 Å². The lowest BCUT2D eigenvalue weighted by Crippen LogP contribution is -2.24. The van der Waals surface area contributed by atoms with Gasteiger partial charge in [-0.3, -0.25) is 4.68 Å². The van der Waals surface area contributed by atoms with E-state index >= 15 is 0 Å². The lowest BCUT2D eigenvalue weighted by Gasteiger charge is -2.17. The average Bonchev–Trinajstić information content (AvgIpc) is 2.64. The van der Waals surface area contributed by atoms with Crippen molar-refractivity contribution >= 4 is 15.9 Å². The number of aromatic nitrogens is 2. The van der Waals surface area contributed by atoms with Crippen LogP contribution in [0, 0.1) is 13.8 Å². The fourth-order valence-corrected chi connectivity index (χ4v) is 2.18. The van der Waals surface area contributed by atoms with Gasteiger partial charge in [0.2, 0.25) is 0 Å². The Balaban J connectivity index is 2.08. The summed E-state index contributed by atoms with van der Waals surface area (Å²) in [6.45, 7) is 9.27. The zero-order valence-corrected chi connectivity index (χ0v) is 11.7. The number of rotatable bonds is 2. The van der Waals surface area contributed by atoms with E-state index in [1.54, 1.807) is 0 Å². The van der Waals surface area contributed by atoms with Gasteiger partial charge in [0.25, 0.3) is 0 Å². The SMILES string of the molecule is Cc1nn(CC2COC(C)(C)O2)c(C)c1Br. The molecule has 0 N–H and O–H groups in total. The summed E-state index contributed by atoms with van der Waals surface area (Å²) in [5.74, 6) is -0.460. The first-order chi connectivity index (χ1) is 7.39. The highest BCUT2D eigenvalue weighted by Crippen LogP contribution is 2.25. The first-order valence-electron chi connectivity index (χ1n) is 5.40. The van der Waals surface area contributed by atoms with Gasteiger partial charge in [0.1, 0.15) is 6.10 Å². The minimum Gasteiger partial charge on any atom is -0.348 e. The van der Waals surface area contributed by atoms with Gasteiger partial charge in [0.05, 0.1) is 23.3 Å². The highest BCUT2D eigenvalue weighted by molar-refractivity contribution is 9.10. The quantitative estimate of drug-likeness (QED) is 0.839. The van der Waals surface area contributed by atoms with Gasteiger partial charge in [0.15, 0.2) is 5.79 Å². The van der Waals surface area contributed by atoms with Gasteiger partial charge in [-0.25, -0.2) is 0 Å². The van der Waals surface area contributed by atoms with E-state index in [-0.39, 0.29) is 6.10 Å². The highest BCUT2D eigenvalue weighted by atomic mass is 79.9. The van der Waals surface area contributed by atoms with Crippen LogP contribution in [0.1, 0.15) is 25.2 Å². The zero-order valence-electron chi connectivity index (χ0n) is 10.1. The van der Waals surface area contributed by atoms with Gasteiger partial charge in [-0.2, -0.15) is 5.10 Å². The Bertz CT molecular complexity index is 401. The van der Waals surface area contributed by atoms with Crippen molar-refractivity contribution in [3.63, 3.8) is 0 Å². The van der Waals surface area contributed by atoms with Crippen LogP contribution < -0.4 is 0 Å². The molecule has 1 unspecified atom stereocenters. The molecule has 0 aliphatic carbocycles. The maximum absolute atomic E-state index is 5.76. The fourth-order valence-electron chi connectivity index (χ4n) is 1.90. The average molecular weight is 289 g/mol. The van der Waals surface area contributed by atoms with Crippen molar-refractivity contribution in [2.24, 2.45) is 0 Å². The van der Waals surface area contributed by atoms with Crippen molar-refractivity contribution in [1.82, 2.24) is 9.78 Å². The van der Waals surface area contributed by atoms with Gasteiger partial charge in [-0.15, -0.1) is 0 Å². The van der Waals surface area contributed by atoms with E-state index in [1.165, 1.54) is 0 Å². The van der Waals surface area contributed by atoms with E-state index < -0.39 is 5.79 Å². The topological polar surface area (TPSA) is 36.3 Å². The van der Waals surface area contributed by atoms with Crippen LogP contribution in [0.25, 0.3) is 0 Å². The molecule has 2 heterocycles. The molecule has 0 aromatic carbocycles. The van der Waals surface area contributed by atoms with Crippen LogP contribution in [0.4, 0.5) is 0 Å². The predicted molar refractivity (Wildman–Crippen MR) is 64.3 cm³/mol. The Labute approximate surface area is 104 Å². The second kappa shape index (κ2) is 4.13. The Hall–Kier alpha value is -0.390. The van der Waals surface area contributed by atoms with Crippen LogP contribution in [0.15, 0.2) is 4.47 Å². The molecular formula is C11H17BrN2O2. The number of hydrogen-bond acceptors (Lipinski definition) is 3. The summed E-state index contributed by atoms with van der Waals surface area (Å²) in [7, 11) is 0. The summed E-state index contributed by atoms with van der Waals surface area (Å²) in [6.07, 6.45) is 0.0832. The maximum atomic E-state index is 5.76. The van der Waals surface area contributed by atoms with Crippen LogP contribution in [-0.2, 0) is 16.0 Å². The molecule has 1 aromatic rings. The molecule has 1 aliphatic heterocycles. The first kappa shape index (κ1) is 12.1. The summed E-state index contributed by atoms with van der Waals surface area (Å²) in [5, 5.41) is 4.46. The zero-order chi connectivity index (χ0) is 11.9. The Morgan fingerprint density at radius 2 is 2.19 bits per heavy atom. The van der Waals surface area contributed by atoms with Gasteiger partial charge in [-0.1, -0.05) is 0 Å². The highest BCUT2D eigenvalue weighted by Gasteiger charge is 2.33. The number of hydrogen-bond donors (Lipinski definition) is 0. The van der Waals surface area contributed by atoms with Crippen molar-refractivity contribution in [2.75, 3.05) is 6.61 Å². The third-order valence-electron chi connectivity index (χ3n) is 2.74. The largest absolute Gasteiger partial charge is 0.348 e. The molecule has 5 heteroatoms. The number of aryl methyl sites for hydroxylation is 1. The molecule has 1 atom stereocenters. The van der Waals surface area contributed by atoms with Gasteiger partial charge >= 0.3 is 0 Å². The molecule has 1 fully saturated rings. The predicted octanol–water partition coefficient (Wildman–Crippen LogP) is 2.41. The molecule has 1 aromatic heterocycles. The molecular weight excluding hydrogens is 272 g/mol. The number of ether oxygens (including phenoxy) is 2. The normalized spacial score (nSPS) is 23.9. The maximum Gasteiger partial charge on any atom is 0.163 e. The van der Waals surface area contributed by atoms with Crippen LogP contribution in [-0.4, -0.2) is 28.3 Å². The molecule has 0 amide bonds. The Morgan fingerprint density at radius 1 is 1.50 bits per heavy atom. The first-order valence-corrected chi connectivity index (χ1v) is 6.19. The van der Waals surface area contributed by atoms with Crippen LogP contribution in [0.3, 0.4) is 0 Å². The third-order valence-corrected chi connectivity index (χ3v) is 3.88. The molecule has 0 radical (unpaired) electrons. The minimum atomic E-state index is -0.460. The summed E-state index contributed by atoms with van der Waals surface area (Å²) in [5.41, 5.74) is 2.14. The molecule has 16 heavy (non-hydrogen) atoms. The molecule has 4 nitrogen and oxygen atoms in total. The third kappa shape index (κ3) is 2.31. The monoisotopic (exact) mass is 288 g/mol. The molecule has 90 valence electrons. The number of halogens is 1. The summed E-state index contributed by atoms with van der Waals surface area (Å²) in [4.78, 5) is 0. The minimum absolute atomic E-state index is 0.0832. The summed E-state index contributed by atoms with van der Waals surface area (Å²) >= 11 is 3.52. The van der Waals surface area contributed by atoms with Crippen molar-refractivity contribution in [3.05, 3.63) is 15.9 Å². The molecule has 2 rings (SSSR count). The molecule has 0 bridgehead atoms. The van der Waals surface area contributed by atoms with Crippen molar-refractivity contribution < 1.29 is 9.47 Å². The Morgan fingerprint density at radius 3 is 2.62 bits per heavy atom. The van der Waals surface area contributed by atoms with Crippen molar-refractivity contribution in [3.8, 4) is 0 Å². The van der Waals surface area contributed by atoms with E-state index in [4.69, 9.17) is 9.47 Å². The standard InChI is InChI=1S/C11H17BrN2O2/c1-7-10(12)8(2)14(13-7)5-9-6-15-11(3,4)16-9/h9H,5-6H2,1-4H3. The fraction of sp³-hybridized carbons (Fsp3) is 0.727. The van der Waals surface area contributed by atoms with Gasteiger partial charge in [-0.05, 0) is 43.6 Å². The molecule has 1 aliphatic rings. The van der Waals surface area contributed by atoms with E-state index in [0.717, 1.165) is 22.4 Å². The summed E-state index contributed by atoms with van der Waals surface area (Å²) < 4.78 is 14.3. The lowest BCUT2D eigenvalue weighted by molar-refractivity contribution is -0.139. The lowest BCUT2D eigenvalue weighted by atomic mass is 10.3. The summed E-state index contributed by atoms with van der Waals surface area (Å²) in [6, 6.07) is 0. The molecule has 1 saturated heterocycles.